The number of allylic oxidation sites excluding steroid dienone is 2. The summed E-state index contributed by atoms with van der Waals surface area (Å²) in [5.41, 5.74) is 3.87. The molecule has 2 aliphatic heterocycles. The van der Waals surface area contributed by atoms with Crippen LogP contribution in [0.15, 0.2) is 83.5 Å². The molecule has 8 nitrogen and oxygen atoms in total. The summed E-state index contributed by atoms with van der Waals surface area (Å²) in [4.78, 5) is 27.2. The van der Waals surface area contributed by atoms with E-state index in [-0.39, 0.29) is 6.61 Å². The van der Waals surface area contributed by atoms with Gasteiger partial charge in [-0.05, 0) is 24.1 Å². The fourth-order valence-electron chi connectivity index (χ4n) is 5.08. The van der Waals surface area contributed by atoms with Crippen LogP contribution in [0.1, 0.15) is 36.4 Å². The molecule has 3 aliphatic rings. The number of para-hydroxylation sites is 1. The lowest BCUT2D eigenvalue weighted by atomic mass is 9.83. The first-order chi connectivity index (χ1) is 17.4. The molecule has 8 heteroatoms. The Hall–Kier alpha value is -4.20. The molecule has 186 valence electrons. The first-order valence-corrected chi connectivity index (χ1v) is 11.7. The van der Waals surface area contributed by atoms with E-state index in [1.54, 1.807) is 31.4 Å². The third-order valence-electron chi connectivity index (χ3n) is 6.72. The summed E-state index contributed by atoms with van der Waals surface area (Å²) in [6.07, 6.45) is 2.03. The minimum Gasteiger partial charge on any atom is -0.498 e. The number of nitrogens with zero attached hydrogens (tertiary/aromatic N) is 1. The van der Waals surface area contributed by atoms with Gasteiger partial charge in [0.1, 0.15) is 12.4 Å². The van der Waals surface area contributed by atoms with Gasteiger partial charge in [-0.2, -0.15) is 0 Å². The number of carboxylic acids is 1. The average Bonchev–Trinajstić information content (AvgIpc) is 3.09. The van der Waals surface area contributed by atoms with Crippen molar-refractivity contribution in [3.8, 4) is 11.5 Å². The highest BCUT2D eigenvalue weighted by Gasteiger charge is 2.47. The van der Waals surface area contributed by atoms with E-state index in [1.807, 2.05) is 55.5 Å². The Bertz CT molecular complexity index is 1290. The minimum absolute atomic E-state index is 0.219. The molecule has 0 unspecified atom stereocenters. The summed E-state index contributed by atoms with van der Waals surface area (Å²) in [5, 5.41) is 9.57. The van der Waals surface area contributed by atoms with Crippen LogP contribution in [0.2, 0.25) is 0 Å². The predicted octanol–water partition coefficient (Wildman–Crippen LogP) is 4.32. The molecule has 0 spiro atoms. The quantitative estimate of drug-likeness (QED) is 0.646. The van der Waals surface area contributed by atoms with Crippen molar-refractivity contribution >= 4 is 11.9 Å². The molecule has 0 radical (unpaired) electrons. The van der Waals surface area contributed by atoms with Crippen molar-refractivity contribution in [3.05, 3.63) is 94.6 Å². The second-order valence-electron chi connectivity index (χ2n) is 8.83. The number of hydrogen-bond donors (Lipinski definition) is 1. The smallest absolute Gasteiger partial charge is 0.307 e. The van der Waals surface area contributed by atoms with Gasteiger partial charge in [-0.15, -0.1) is 0 Å². The molecule has 0 aromatic heterocycles. The average molecular weight is 490 g/mol. The fourth-order valence-corrected chi connectivity index (χ4v) is 5.08. The molecule has 2 aromatic carbocycles. The van der Waals surface area contributed by atoms with Crippen LogP contribution >= 0.6 is 0 Å². The third-order valence-corrected chi connectivity index (χ3v) is 6.72. The minimum atomic E-state index is -1.18. The van der Waals surface area contributed by atoms with Gasteiger partial charge in [0, 0.05) is 11.1 Å². The van der Waals surface area contributed by atoms with E-state index in [0.29, 0.717) is 23.0 Å². The summed E-state index contributed by atoms with van der Waals surface area (Å²) >= 11 is 0. The summed E-state index contributed by atoms with van der Waals surface area (Å²) in [5.74, 6) is -0.383. The summed E-state index contributed by atoms with van der Waals surface area (Å²) < 4.78 is 23.4. The van der Waals surface area contributed by atoms with Crippen molar-refractivity contribution in [2.75, 3.05) is 20.8 Å². The van der Waals surface area contributed by atoms with Crippen molar-refractivity contribution in [3.63, 3.8) is 0 Å². The molecule has 36 heavy (non-hydrogen) atoms. The topological polar surface area (TPSA) is 94.5 Å². The van der Waals surface area contributed by atoms with Crippen LogP contribution in [0.3, 0.4) is 0 Å². The molecule has 0 bridgehead atoms. The molecule has 5 rings (SSSR count). The van der Waals surface area contributed by atoms with Gasteiger partial charge in [-0.1, -0.05) is 48.5 Å². The molecule has 1 amide bonds. The van der Waals surface area contributed by atoms with Gasteiger partial charge in [0.15, 0.2) is 17.6 Å². The van der Waals surface area contributed by atoms with Gasteiger partial charge in [-0.25, -0.2) is 0 Å². The fraction of sp³-hybridized carbons (Fsp3) is 0.286. The number of benzene rings is 2. The Kier molecular flexibility index (Phi) is 6.18. The Morgan fingerprint density at radius 2 is 1.89 bits per heavy atom. The van der Waals surface area contributed by atoms with Gasteiger partial charge in [0.2, 0.25) is 0 Å². The summed E-state index contributed by atoms with van der Waals surface area (Å²) in [6, 6.07) is 14.7. The van der Waals surface area contributed by atoms with Crippen molar-refractivity contribution in [2.24, 2.45) is 0 Å². The number of carbonyl (C=O) groups is 2. The highest BCUT2D eigenvalue weighted by atomic mass is 16.5. The lowest BCUT2D eigenvalue weighted by Gasteiger charge is -2.43. The number of aliphatic carboxylic acids is 1. The zero-order valence-electron chi connectivity index (χ0n) is 20.3. The maximum atomic E-state index is 13.8. The zero-order chi connectivity index (χ0) is 25.4. The van der Waals surface area contributed by atoms with Gasteiger partial charge in [0.25, 0.3) is 5.91 Å². The van der Waals surface area contributed by atoms with Crippen LogP contribution in [0.4, 0.5) is 0 Å². The standard InChI is InChI=1S/C28H27NO7/c1-16-12-19(18-10-7-11-22(33-2)26(18)34-3)27-25-20(16)14-35-15-21(17-8-5-4-6-9-17)29(25)28(32)23(36-27)13-24(30)31/h4-12,14,19,21,23H,13,15H2,1-3H3,(H,30,31)/t19-,21-,23+/m0/s1. The van der Waals surface area contributed by atoms with Crippen LogP contribution in [0, 0.1) is 0 Å². The first-order valence-electron chi connectivity index (χ1n) is 11.7. The highest BCUT2D eigenvalue weighted by Crippen LogP contribution is 2.50. The Morgan fingerprint density at radius 3 is 2.58 bits per heavy atom. The van der Waals surface area contributed by atoms with Gasteiger partial charge in [-0.3, -0.25) is 14.5 Å². The molecule has 0 fully saturated rings. The van der Waals surface area contributed by atoms with Crippen molar-refractivity contribution in [2.45, 2.75) is 31.4 Å². The molecule has 0 saturated heterocycles. The number of hydrogen-bond acceptors (Lipinski definition) is 6. The molecule has 2 heterocycles. The Labute approximate surface area is 209 Å². The van der Waals surface area contributed by atoms with Gasteiger partial charge >= 0.3 is 5.97 Å². The van der Waals surface area contributed by atoms with Crippen LogP contribution in [0.25, 0.3) is 0 Å². The molecular formula is C28H27NO7. The van der Waals surface area contributed by atoms with Crippen molar-refractivity contribution in [1.29, 1.82) is 0 Å². The van der Waals surface area contributed by atoms with Crippen molar-refractivity contribution in [1.82, 2.24) is 4.90 Å². The molecule has 1 aliphatic carbocycles. The van der Waals surface area contributed by atoms with Crippen molar-refractivity contribution < 1.29 is 33.6 Å². The van der Waals surface area contributed by atoms with E-state index in [2.05, 4.69) is 0 Å². The number of carboxylic acid groups (broad SMARTS) is 1. The second kappa shape index (κ2) is 9.45. The summed E-state index contributed by atoms with van der Waals surface area (Å²) in [6.45, 7) is 2.17. The molecule has 3 atom stereocenters. The number of rotatable bonds is 6. The predicted molar refractivity (Wildman–Crippen MR) is 130 cm³/mol. The molecule has 1 N–H and O–H groups in total. The molecule has 0 saturated carbocycles. The second-order valence-corrected chi connectivity index (χ2v) is 8.83. The lowest BCUT2D eigenvalue weighted by molar-refractivity contribution is -0.153. The number of amides is 1. The van der Waals surface area contributed by atoms with Gasteiger partial charge in [0.05, 0.1) is 44.6 Å². The summed E-state index contributed by atoms with van der Waals surface area (Å²) in [7, 11) is 3.14. The van der Waals surface area contributed by atoms with Crippen LogP contribution in [-0.4, -0.2) is 48.8 Å². The van der Waals surface area contributed by atoms with Crippen LogP contribution < -0.4 is 9.47 Å². The van der Waals surface area contributed by atoms with Crippen LogP contribution in [0.5, 0.6) is 11.5 Å². The molecular weight excluding hydrogens is 462 g/mol. The van der Waals surface area contributed by atoms with E-state index < -0.39 is 36.4 Å². The number of ether oxygens (including phenoxy) is 4. The normalized spacial score (nSPS) is 22.9. The highest BCUT2D eigenvalue weighted by molar-refractivity contribution is 5.89. The molecule has 2 aromatic rings. The monoisotopic (exact) mass is 489 g/mol. The number of carbonyl (C=O) groups excluding carboxylic acids is 1. The van der Waals surface area contributed by atoms with E-state index in [4.69, 9.17) is 18.9 Å². The largest absolute Gasteiger partial charge is 0.498 e. The lowest BCUT2D eigenvalue weighted by Crippen LogP contribution is -2.49. The zero-order valence-corrected chi connectivity index (χ0v) is 20.3. The maximum Gasteiger partial charge on any atom is 0.307 e. The SMILES string of the molecule is COc1cccc([C@@H]2C=C(C)C3=COC[C@@H](c4ccccc4)N4C(=O)[C@@H](CC(=O)O)OC2=C34)c1OC. The number of methoxy groups -OCH3 is 2. The van der Waals surface area contributed by atoms with E-state index in [1.165, 1.54) is 0 Å². The first kappa shape index (κ1) is 23.5. The Morgan fingerprint density at radius 1 is 1.11 bits per heavy atom. The van der Waals surface area contributed by atoms with E-state index in [9.17, 15) is 14.7 Å². The third kappa shape index (κ3) is 3.88. The van der Waals surface area contributed by atoms with E-state index >= 15 is 0 Å². The van der Waals surface area contributed by atoms with E-state index in [0.717, 1.165) is 22.3 Å². The maximum absolute atomic E-state index is 13.8. The van der Waals surface area contributed by atoms with Gasteiger partial charge < -0.3 is 24.1 Å². The van der Waals surface area contributed by atoms with Crippen LogP contribution in [-0.2, 0) is 19.1 Å². The Balaban J connectivity index is 1.74.